The quantitative estimate of drug-likeness (QED) is 0.788. The van der Waals surface area contributed by atoms with Crippen molar-refractivity contribution in [3.8, 4) is 5.69 Å². The molecule has 0 saturated carbocycles. The van der Waals surface area contributed by atoms with Crippen LogP contribution in [0.2, 0.25) is 0 Å². The summed E-state index contributed by atoms with van der Waals surface area (Å²) < 4.78 is 2.02. The van der Waals surface area contributed by atoms with Crippen LogP contribution in [0.1, 0.15) is 29.3 Å². The van der Waals surface area contributed by atoms with Gasteiger partial charge in [0.25, 0.3) is 0 Å². The van der Waals surface area contributed by atoms with Crippen LogP contribution in [0.4, 0.5) is 0 Å². The Kier molecular flexibility index (Phi) is 2.07. The van der Waals surface area contributed by atoms with E-state index in [4.69, 9.17) is 5.73 Å². The van der Waals surface area contributed by atoms with Crippen molar-refractivity contribution in [2.45, 2.75) is 25.8 Å². The van der Waals surface area contributed by atoms with Gasteiger partial charge >= 0.3 is 0 Å². The zero-order valence-corrected chi connectivity index (χ0v) is 9.35. The van der Waals surface area contributed by atoms with E-state index in [0.29, 0.717) is 0 Å². The molecule has 1 aliphatic carbocycles. The number of fused-ring (bicyclic) bond motifs is 1. The van der Waals surface area contributed by atoms with Gasteiger partial charge in [-0.25, -0.2) is 4.68 Å². The van der Waals surface area contributed by atoms with Crippen molar-refractivity contribution < 1.29 is 0 Å². The number of hydrogen-bond acceptors (Lipinski definition) is 2. The predicted octanol–water partition coefficient (Wildman–Crippen LogP) is 2.13. The Morgan fingerprint density at radius 2 is 2.31 bits per heavy atom. The Morgan fingerprint density at radius 3 is 3.12 bits per heavy atom. The smallest absolute Gasteiger partial charge is 0.0651 e. The molecule has 1 unspecified atom stereocenters. The first-order chi connectivity index (χ1) is 7.75. The van der Waals surface area contributed by atoms with Gasteiger partial charge in [-0.2, -0.15) is 5.10 Å². The molecule has 3 heteroatoms. The molecule has 2 aromatic rings. The molecule has 0 amide bonds. The maximum atomic E-state index is 6.01. The highest BCUT2D eigenvalue weighted by molar-refractivity contribution is 5.40. The minimum Gasteiger partial charge on any atom is -0.324 e. The molecule has 0 spiro atoms. The second-order valence-electron chi connectivity index (χ2n) is 4.44. The second-order valence-corrected chi connectivity index (χ2v) is 4.44. The van der Waals surface area contributed by atoms with Crippen LogP contribution >= 0.6 is 0 Å². The van der Waals surface area contributed by atoms with Crippen LogP contribution < -0.4 is 5.73 Å². The molecule has 1 aromatic heterocycles. The number of hydrogen-bond donors (Lipinski definition) is 1. The Balaban J connectivity index is 2.11. The molecule has 3 rings (SSSR count). The van der Waals surface area contributed by atoms with Gasteiger partial charge in [0.2, 0.25) is 0 Å². The Hall–Kier alpha value is -1.61. The molecule has 1 atom stereocenters. The van der Waals surface area contributed by atoms with Crippen LogP contribution in [0.3, 0.4) is 0 Å². The summed E-state index contributed by atoms with van der Waals surface area (Å²) in [6.45, 7) is 2.10. The highest BCUT2D eigenvalue weighted by Gasteiger charge is 2.23. The molecule has 3 nitrogen and oxygen atoms in total. The van der Waals surface area contributed by atoms with Crippen LogP contribution in [-0.2, 0) is 6.42 Å². The average molecular weight is 213 g/mol. The molecule has 0 aliphatic heterocycles. The van der Waals surface area contributed by atoms with E-state index in [1.54, 1.807) is 0 Å². The van der Waals surface area contributed by atoms with Gasteiger partial charge < -0.3 is 5.73 Å². The van der Waals surface area contributed by atoms with E-state index < -0.39 is 0 Å². The Morgan fingerprint density at radius 1 is 1.44 bits per heavy atom. The predicted molar refractivity (Wildman–Crippen MR) is 63.6 cm³/mol. The standard InChI is InChI=1S/C13H15N3/c1-9-3-2-4-10(7-9)16-13-6-5-12(14)11(13)8-15-16/h2-4,7-8,12H,5-6,14H2,1H3. The summed E-state index contributed by atoms with van der Waals surface area (Å²) in [7, 11) is 0. The third-order valence-electron chi connectivity index (χ3n) is 3.24. The molecule has 1 aromatic carbocycles. The third-order valence-corrected chi connectivity index (χ3v) is 3.24. The maximum Gasteiger partial charge on any atom is 0.0651 e. The van der Waals surface area contributed by atoms with Crippen LogP contribution in [0.15, 0.2) is 30.5 Å². The topological polar surface area (TPSA) is 43.8 Å². The first-order valence-corrected chi connectivity index (χ1v) is 5.65. The van der Waals surface area contributed by atoms with Crippen molar-refractivity contribution >= 4 is 0 Å². The molecule has 82 valence electrons. The van der Waals surface area contributed by atoms with Crippen molar-refractivity contribution in [3.63, 3.8) is 0 Å². The van der Waals surface area contributed by atoms with E-state index in [2.05, 4.69) is 36.3 Å². The first-order valence-electron chi connectivity index (χ1n) is 5.65. The van der Waals surface area contributed by atoms with Gasteiger partial charge in [0.05, 0.1) is 11.9 Å². The highest BCUT2D eigenvalue weighted by Crippen LogP contribution is 2.30. The summed E-state index contributed by atoms with van der Waals surface area (Å²) in [5.41, 5.74) is 10.9. The lowest BCUT2D eigenvalue weighted by molar-refractivity contribution is 0.692. The van der Waals surface area contributed by atoms with Gasteiger partial charge in [-0.1, -0.05) is 12.1 Å². The van der Waals surface area contributed by atoms with Crippen molar-refractivity contribution in [2.75, 3.05) is 0 Å². The normalized spacial score (nSPS) is 18.8. The largest absolute Gasteiger partial charge is 0.324 e. The van der Waals surface area contributed by atoms with Crippen LogP contribution in [-0.4, -0.2) is 9.78 Å². The number of aromatic nitrogens is 2. The molecule has 0 saturated heterocycles. The van der Waals surface area contributed by atoms with Gasteiger partial charge in [-0.15, -0.1) is 0 Å². The van der Waals surface area contributed by atoms with Gasteiger partial charge in [0.15, 0.2) is 0 Å². The molecular weight excluding hydrogens is 198 g/mol. The SMILES string of the molecule is Cc1cccc(-n2ncc3c2CCC3N)c1. The van der Waals surface area contributed by atoms with E-state index in [-0.39, 0.29) is 6.04 Å². The van der Waals surface area contributed by atoms with Crippen molar-refractivity contribution in [1.82, 2.24) is 9.78 Å². The number of rotatable bonds is 1. The number of nitrogens with two attached hydrogens (primary N) is 1. The molecule has 0 fully saturated rings. The Bertz CT molecular complexity index is 528. The fraction of sp³-hybridized carbons (Fsp3) is 0.308. The summed E-state index contributed by atoms with van der Waals surface area (Å²) in [5.74, 6) is 0. The summed E-state index contributed by atoms with van der Waals surface area (Å²) in [6.07, 6.45) is 3.98. The molecule has 0 bridgehead atoms. The van der Waals surface area contributed by atoms with Gasteiger partial charge in [0, 0.05) is 17.3 Å². The maximum absolute atomic E-state index is 6.01. The van der Waals surface area contributed by atoms with Gasteiger partial charge in [0.1, 0.15) is 0 Å². The zero-order valence-electron chi connectivity index (χ0n) is 9.35. The van der Waals surface area contributed by atoms with Crippen LogP contribution in [0.25, 0.3) is 5.69 Å². The van der Waals surface area contributed by atoms with Gasteiger partial charge in [-0.05, 0) is 37.5 Å². The fourth-order valence-corrected chi connectivity index (χ4v) is 2.38. The lowest BCUT2D eigenvalue weighted by Crippen LogP contribution is -2.03. The Labute approximate surface area is 94.9 Å². The molecule has 1 heterocycles. The zero-order chi connectivity index (χ0) is 11.1. The summed E-state index contributed by atoms with van der Waals surface area (Å²) in [5, 5.41) is 4.44. The minimum atomic E-state index is 0.175. The van der Waals surface area contributed by atoms with Crippen molar-refractivity contribution in [1.29, 1.82) is 0 Å². The minimum absolute atomic E-state index is 0.175. The summed E-state index contributed by atoms with van der Waals surface area (Å²) in [6, 6.07) is 8.57. The molecule has 0 radical (unpaired) electrons. The molecule has 16 heavy (non-hydrogen) atoms. The number of nitrogens with zero attached hydrogens (tertiary/aromatic N) is 2. The molecule has 1 aliphatic rings. The van der Waals surface area contributed by atoms with E-state index in [1.807, 2.05) is 10.9 Å². The number of benzene rings is 1. The lowest BCUT2D eigenvalue weighted by Gasteiger charge is -2.05. The fourth-order valence-electron chi connectivity index (χ4n) is 2.38. The van der Waals surface area contributed by atoms with Crippen LogP contribution in [0, 0.1) is 6.92 Å². The monoisotopic (exact) mass is 213 g/mol. The average Bonchev–Trinajstić information content (AvgIpc) is 2.82. The summed E-state index contributed by atoms with van der Waals surface area (Å²) in [4.78, 5) is 0. The molecule has 2 N–H and O–H groups in total. The lowest BCUT2D eigenvalue weighted by atomic mass is 10.2. The summed E-state index contributed by atoms with van der Waals surface area (Å²) >= 11 is 0. The highest BCUT2D eigenvalue weighted by atomic mass is 15.3. The van der Waals surface area contributed by atoms with E-state index in [0.717, 1.165) is 18.5 Å². The van der Waals surface area contributed by atoms with E-state index >= 15 is 0 Å². The first kappa shape index (κ1) is 9.60. The van der Waals surface area contributed by atoms with Gasteiger partial charge in [-0.3, -0.25) is 0 Å². The van der Waals surface area contributed by atoms with Crippen molar-refractivity contribution in [2.24, 2.45) is 5.73 Å². The van der Waals surface area contributed by atoms with Crippen molar-refractivity contribution in [3.05, 3.63) is 47.3 Å². The third kappa shape index (κ3) is 1.36. The van der Waals surface area contributed by atoms with Crippen LogP contribution in [0.5, 0.6) is 0 Å². The van der Waals surface area contributed by atoms with E-state index in [9.17, 15) is 0 Å². The second kappa shape index (κ2) is 3.46. The number of aryl methyl sites for hydroxylation is 1. The molecular formula is C13H15N3. The van der Waals surface area contributed by atoms with E-state index in [1.165, 1.54) is 16.8 Å².